The molecular formula is C36H55NO2Si2. The molecule has 0 fully saturated rings. The summed E-state index contributed by atoms with van der Waals surface area (Å²) in [5.74, 6) is 0.948. The van der Waals surface area contributed by atoms with Crippen LogP contribution in [-0.2, 0) is 10.8 Å². The van der Waals surface area contributed by atoms with Gasteiger partial charge in [-0.25, -0.2) is 0 Å². The lowest BCUT2D eigenvalue weighted by Gasteiger charge is -2.36. The predicted molar refractivity (Wildman–Crippen MR) is 183 cm³/mol. The number of hydrogen-bond acceptors (Lipinski definition) is 3. The zero-order valence-corrected chi connectivity index (χ0v) is 29.6. The molecule has 224 valence electrons. The molecule has 0 amide bonds. The molecule has 5 heteroatoms. The van der Waals surface area contributed by atoms with E-state index in [0.717, 1.165) is 35.6 Å². The largest absolute Gasteiger partial charge is 0.544 e. The van der Waals surface area contributed by atoms with Crippen LogP contribution in [0.25, 0.3) is 22.4 Å². The van der Waals surface area contributed by atoms with E-state index in [-0.39, 0.29) is 5.04 Å². The van der Waals surface area contributed by atoms with Crippen LogP contribution in [0.15, 0.2) is 66.9 Å². The molecule has 0 aliphatic heterocycles. The van der Waals surface area contributed by atoms with E-state index in [9.17, 15) is 0 Å². The molecule has 3 aromatic rings. The third kappa shape index (κ3) is 9.66. The Morgan fingerprint density at radius 2 is 1.12 bits per heavy atom. The zero-order valence-electron chi connectivity index (χ0n) is 27.6. The number of nitrogens with zero attached hydrogens (tertiary/aromatic N) is 1. The summed E-state index contributed by atoms with van der Waals surface area (Å²) in [7, 11) is -3.43. The Morgan fingerprint density at radius 3 is 1.68 bits per heavy atom. The summed E-state index contributed by atoms with van der Waals surface area (Å²) >= 11 is 0. The fraction of sp³-hybridized carbons (Fsp3) is 0.528. The fourth-order valence-corrected chi connectivity index (χ4v) is 6.37. The van der Waals surface area contributed by atoms with Gasteiger partial charge in [-0.3, -0.25) is 4.98 Å². The molecule has 0 unspecified atom stereocenters. The molecule has 0 radical (unpaired) electrons. The summed E-state index contributed by atoms with van der Waals surface area (Å²) in [6.45, 7) is 23.9. The maximum atomic E-state index is 6.43. The molecule has 0 spiro atoms. The van der Waals surface area contributed by atoms with E-state index in [1.807, 2.05) is 6.20 Å². The van der Waals surface area contributed by atoms with E-state index in [2.05, 4.69) is 128 Å². The number of rotatable bonds is 13. The Morgan fingerprint density at radius 1 is 0.585 bits per heavy atom. The average molecular weight is 590 g/mol. The van der Waals surface area contributed by atoms with Crippen LogP contribution < -0.4 is 4.43 Å². The first-order valence-corrected chi connectivity index (χ1v) is 21.4. The minimum atomic E-state index is -1.84. The quantitative estimate of drug-likeness (QED) is 0.147. The smallest absolute Gasteiger partial charge is 0.250 e. The number of aryl methyl sites for hydroxylation is 1. The van der Waals surface area contributed by atoms with Crippen molar-refractivity contribution < 1.29 is 8.85 Å². The number of pyridine rings is 1. The van der Waals surface area contributed by atoms with Gasteiger partial charge < -0.3 is 8.85 Å². The van der Waals surface area contributed by atoms with E-state index in [0.29, 0.717) is 5.04 Å². The predicted octanol–water partition coefficient (Wildman–Crippen LogP) is 11.3. The number of unbranched alkanes of at least 4 members (excludes halogenated alkanes) is 4. The molecule has 0 saturated heterocycles. The van der Waals surface area contributed by atoms with Crippen molar-refractivity contribution in [3.63, 3.8) is 0 Å². The molecule has 0 aliphatic carbocycles. The standard InChI is InChI=1S/C36H55NO2Si2/c1-35(2,3)40(7,8)38-27-15-13-11-12-14-16-29-17-19-30(20-18-29)32-23-26-34(37-28-32)31-21-24-33(25-22-31)39-41(9,10)36(4,5)6/h17-26,28H,11-16,27H2,1-10H3. The topological polar surface area (TPSA) is 31.4 Å². The van der Waals surface area contributed by atoms with Crippen LogP contribution in [0.4, 0.5) is 0 Å². The van der Waals surface area contributed by atoms with Crippen LogP contribution in [0.3, 0.4) is 0 Å². The van der Waals surface area contributed by atoms with E-state index in [4.69, 9.17) is 13.8 Å². The highest BCUT2D eigenvalue weighted by atomic mass is 28.4. The molecule has 1 aromatic heterocycles. The first-order valence-electron chi connectivity index (χ1n) is 15.6. The lowest BCUT2D eigenvalue weighted by atomic mass is 10.0. The molecule has 2 aromatic carbocycles. The van der Waals surface area contributed by atoms with Gasteiger partial charge in [-0.1, -0.05) is 91.1 Å². The second kappa shape index (κ2) is 13.8. The molecule has 0 atom stereocenters. The Hall–Kier alpha value is -2.22. The van der Waals surface area contributed by atoms with Gasteiger partial charge in [0.1, 0.15) is 5.75 Å². The normalized spacial score (nSPS) is 12.9. The van der Waals surface area contributed by atoms with Gasteiger partial charge in [0.25, 0.3) is 0 Å². The van der Waals surface area contributed by atoms with Gasteiger partial charge in [0.2, 0.25) is 8.32 Å². The van der Waals surface area contributed by atoms with Crippen LogP contribution >= 0.6 is 0 Å². The second-order valence-corrected chi connectivity index (χ2v) is 24.2. The van der Waals surface area contributed by atoms with E-state index in [1.54, 1.807) is 0 Å². The summed E-state index contributed by atoms with van der Waals surface area (Å²) in [5, 5.41) is 0.484. The molecule has 1 heterocycles. The van der Waals surface area contributed by atoms with Crippen molar-refractivity contribution in [1.29, 1.82) is 0 Å². The zero-order chi connectivity index (χ0) is 30.3. The Kier molecular flexibility index (Phi) is 11.2. The first kappa shape index (κ1) is 33.3. The number of hydrogen-bond donors (Lipinski definition) is 0. The molecular weight excluding hydrogens is 535 g/mol. The van der Waals surface area contributed by atoms with Crippen LogP contribution in [0.2, 0.25) is 36.3 Å². The van der Waals surface area contributed by atoms with Gasteiger partial charge in [-0.15, -0.1) is 0 Å². The highest BCUT2D eigenvalue weighted by Crippen LogP contribution is 2.38. The van der Waals surface area contributed by atoms with E-state index in [1.165, 1.54) is 43.2 Å². The molecule has 0 aliphatic rings. The Bertz CT molecular complexity index is 1200. The monoisotopic (exact) mass is 589 g/mol. The van der Waals surface area contributed by atoms with E-state index < -0.39 is 16.6 Å². The molecule has 0 bridgehead atoms. The summed E-state index contributed by atoms with van der Waals surface area (Å²) in [4.78, 5) is 4.77. The van der Waals surface area contributed by atoms with E-state index >= 15 is 0 Å². The fourth-order valence-electron chi connectivity index (χ4n) is 4.25. The van der Waals surface area contributed by atoms with Crippen molar-refractivity contribution in [2.75, 3.05) is 6.61 Å². The van der Waals surface area contributed by atoms with Crippen molar-refractivity contribution in [1.82, 2.24) is 4.98 Å². The van der Waals surface area contributed by atoms with Crippen molar-refractivity contribution in [2.45, 2.75) is 116 Å². The maximum Gasteiger partial charge on any atom is 0.250 e. The van der Waals surface area contributed by atoms with Crippen molar-refractivity contribution >= 4 is 16.6 Å². The second-order valence-electron chi connectivity index (χ2n) is 14.6. The van der Waals surface area contributed by atoms with Gasteiger partial charge in [-0.2, -0.15) is 0 Å². The van der Waals surface area contributed by atoms with Crippen molar-refractivity contribution in [3.8, 4) is 28.1 Å². The number of aromatic nitrogens is 1. The van der Waals surface area contributed by atoms with Gasteiger partial charge in [0.05, 0.1) is 5.69 Å². The van der Waals surface area contributed by atoms with Crippen LogP contribution in [0.5, 0.6) is 5.75 Å². The van der Waals surface area contributed by atoms with Gasteiger partial charge in [0.15, 0.2) is 8.32 Å². The summed E-state index contributed by atoms with van der Waals surface area (Å²) in [6, 6.07) is 21.7. The minimum absolute atomic E-state index is 0.182. The third-order valence-corrected chi connectivity index (χ3v) is 18.2. The third-order valence-electron chi connectivity index (χ3n) is 9.26. The van der Waals surface area contributed by atoms with Crippen LogP contribution in [0, 0.1) is 0 Å². The maximum absolute atomic E-state index is 6.43. The van der Waals surface area contributed by atoms with Gasteiger partial charge in [-0.05, 0) is 97.0 Å². The SMILES string of the molecule is CC(C)(C)[Si](C)(C)OCCCCCCCc1ccc(-c2ccc(-c3ccc(O[Si](C)(C)C(C)(C)C)cc3)nc2)cc1. The lowest BCUT2D eigenvalue weighted by molar-refractivity contribution is 0.277. The van der Waals surface area contributed by atoms with Crippen LogP contribution in [-0.4, -0.2) is 28.2 Å². The molecule has 41 heavy (non-hydrogen) atoms. The van der Waals surface area contributed by atoms with Crippen LogP contribution in [0.1, 0.15) is 79.2 Å². The van der Waals surface area contributed by atoms with Crippen molar-refractivity contribution in [3.05, 3.63) is 72.4 Å². The molecule has 0 N–H and O–H groups in total. The molecule has 3 nitrogen and oxygen atoms in total. The highest BCUT2D eigenvalue weighted by Gasteiger charge is 2.39. The summed E-state index contributed by atoms with van der Waals surface area (Å²) in [5.41, 5.74) is 5.87. The highest BCUT2D eigenvalue weighted by molar-refractivity contribution is 6.75. The summed E-state index contributed by atoms with van der Waals surface area (Å²) < 4.78 is 12.7. The van der Waals surface area contributed by atoms with Gasteiger partial charge >= 0.3 is 0 Å². The average Bonchev–Trinajstić information content (AvgIpc) is 2.89. The Labute approximate surface area is 253 Å². The summed E-state index contributed by atoms with van der Waals surface area (Å²) in [6.07, 6.45) is 9.42. The van der Waals surface area contributed by atoms with Gasteiger partial charge in [0, 0.05) is 23.9 Å². The molecule has 3 rings (SSSR count). The minimum Gasteiger partial charge on any atom is -0.544 e. The lowest BCUT2D eigenvalue weighted by Crippen LogP contribution is -2.43. The Balaban J connectivity index is 1.43. The first-order chi connectivity index (χ1) is 19.1. The van der Waals surface area contributed by atoms with Crippen molar-refractivity contribution in [2.24, 2.45) is 0 Å². The number of benzene rings is 2. The molecule has 0 saturated carbocycles.